The number of amides is 3. The number of hydrogen-bond donors (Lipinski definition) is 2. The summed E-state index contributed by atoms with van der Waals surface area (Å²) in [6.07, 6.45) is 2.47. The Labute approximate surface area is 196 Å². The highest BCUT2D eigenvalue weighted by Crippen LogP contribution is 2.37. The van der Waals surface area contributed by atoms with Crippen LogP contribution in [0.25, 0.3) is 11.4 Å². The van der Waals surface area contributed by atoms with Crippen molar-refractivity contribution in [1.29, 1.82) is 0 Å². The molecule has 1 fully saturated rings. The maximum atomic E-state index is 12.8. The zero-order valence-corrected chi connectivity index (χ0v) is 19.6. The van der Waals surface area contributed by atoms with Gasteiger partial charge in [-0.15, -0.1) is 10.2 Å². The highest BCUT2D eigenvalue weighted by molar-refractivity contribution is 6.00. The number of para-hydroxylation sites is 1. The second kappa shape index (κ2) is 9.73. The molecule has 12 heteroatoms. The molecule has 0 aliphatic carbocycles. The van der Waals surface area contributed by atoms with Crippen molar-refractivity contribution in [3.63, 3.8) is 0 Å². The van der Waals surface area contributed by atoms with Gasteiger partial charge in [0.1, 0.15) is 6.33 Å². The monoisotopic (exact) mass is 465 g/mol. The molecule has 2 aromatic heterocycles. The molecule has 3 amide bonds. The fraction of sp³-hybridized carbons (Fsp3) is 0.364. The van der Waals surface area contributed by atoms with Crippen LogP contribution < -0.4 is 20.3 Å². The van der Waals surface area contributed by atoms with Gasteiger partial charge in [-0.25, -0.2) is 9.78 Å². The molecule has 0 unspecified atom stereocenters. The average Bonchev–Trinajstić information content (AvgIpc) is 3.44. The van der Waals surface area contributed by atoms with Gasteiger partial charge >= 0.3 is 6.03 Å². The third-order valence-corrected chi connectivity index (χ3v) is 5.42. The number of benzene rings is 1. The number of aryl methyl sites for hydroxylation is 1. The first kappa shape index (κ1) is 23.0. The van der Waals surface area contributed by atoms with Crippen LogP contribution in [-0.4, -0.2) is 75.6 Å². The summed E-state index contributed by atoms with van der Waals surface area (Å²) in [5.74, 6) is 0.951. The van der Waals surface area contributed by atoms with Crippen molar-refractivity contribution in [1.82, 2.24) is 35.2 Å². The van der Waals surface area contributed by atoms with Crippen molar-refractivity contribution in [2.24, 2.45) is 7.05 Å². The summed E-state index contributed by atoms with van der Waals surface area (Å²) in [5.41, 5.74) is 1.74. The molecule has 0 bridgehead atoms. The summed E-state index contributed by atoms with van der Waals surface area (Å²) in [6, 6.07) is 7.01. The van der Waals surface area contributed by atoms with E-state index in [0.717, 1.165) is 6.42 Å². The van der Waals surface area contributed by atoms with Crippen LogP contribution in [-0.2, 0) is 7.05 Å². The zero-order valence-electron chi connectivity index (χ0n) is 19.6. The van der Waals surface area contributed by atoms with E-state index in [9.17, 15) is 9.59 Å². The van der Waals surface area contributed by atoms with E-state index in [0.29, 0.717) is 54.0 Å². The van der Waals surface area contributed by atoms with Crippen molar-refractivity contribution < 1.29 is 14.3 Å². The van der Waals surface area contributed by atoms with E-state index < -0.39 is 5.91 Å². The SMILES string of the molecule is CCCN1CCN(c2cc(Nc3cccc(-c4ncn(C)n4)c3OC)c(C(=O)NC)nn2)C1=O. The Morgan fingerprint density at radius 3 is 2.71 bits per heavy atom. The molecule has 3 heterocycles. The van der Waals surface area contributed by atoms with Crippen LogP contribution >= 0.6 is 0 Å². The van der Waals surface area contributed by atoms with Crippen LogP contribution in [0.3, 0.4) is 0 Å². The molecule has 0 radical (unpaired) electrons. The van der Waals surface area contributed by atoms with Crippen LogP contribution in [0.1, 0.15) is 23.8 Å². The molecule has 2 N–H and O–H groups in total. The number of aromatic nitrogens is 5. The number of ether oxygens (including phenoxy) is 1. The van der Waals surface area contributed by atoms with E-state index in [1.807, 2.05) is 25.1 Å². The van der Waals surface area contributed by atoms with Gasteiger partial charge in [0.2, 0.25) is 0 Å². The second-order valence-corrected chi connectivity index (χ2v) is 7.72. The molecule has 178 valence electrons. The molecule has 1 saturated heterocycles. The Hall–Kier alpha value is -4.22. The Bertz CT molecular complexity index is 1210. The molecule has 1 aliphatic rings. The van der Waals surface area contributed by atoms with Crippen molar-refractivity contribution in [2.75, 3.05) is 44.0 Å². The summed E-state index contributed by atoms with van der Waals surface area (Å²) >= 11 is 0. The first-order valence-electron chi connectivity index (χ1n) is 10.9. The fourth-order valence-electron chi connectivity index (χ4n) is 3.81. The fourth-order valence-corrected chi connectivity index (χ4v) is 3.81. The van der Waals surface area contributed by atoms with Gasteiger partial charge in [-0.2, -0.15) is 5.10 Å². The molecule has 3 aromatic rings. The van der Waals surface area contributed by atoms with Crippen LogP contribution in [0.4, 0.5) is 22.0 Å². The Morgan fingerprint density at radius 1 is 1.21 bits per heavy atom. The number of carbonyl (C=O) groups is 2. The van der Waals surface area contributed by atoms with Gasteiger partial charge in [0.05, 0.1) is 24.0 Å². The van der Waals surface area contributed by atoms with Crippen molar-refractivity contribution in [2.45, 2.75) is 13.3 Å². The normalized spacial score (nSPS) is 13.4. The smallest absolute Gasteiger partial charge is 0.325 e. The van der Waals surface area contributed by atoms with Crippen molar-refractivity contribution in [3.05, 3.63) is 36.3 Å². The number of anilines is 3. The maximum Gasteiger partial charge on any atom is 0.325 e. The Morgan fingerprint density at radius 2 is 2.03 bits per heavy atom. The van der Waals surface area contributed by atoms with Crippen LogP contribution in [0.2, 0.25) is 0 Å². The highest BCUT2D eigenvalue weighted by atomic mass is 16.5. The van der Waals surface area contributed by atoms with Crippen molar-refractivity contribution in [3.8, 4) is 17.1 Å². The van der Waals surface area contributed by atoms with Gasteiger partial charge in [-0.05, 0) is 18.6 Å². The number of rotatable bonds is 8. The third kappa shape index (κ3) is 4.34. The number of urea groups is 1. The zero-order chi connectivity index (χ0) is 24.2. The van der Waals surface area contributed by atoms with E-state index in [2.05, 4.69) is 30.9 Å². The lowest BCUT2D eigenvalue weighted by molar-refractivity contribution is 0.0958. The van der Waals surface area contributed by atoms with Gasteiger partial charge < -0.3 is 20.3 Å². The summed E-state index contributed by atoms with van der Waals surface area (Å²) in [4.78, 5) is 32.9. The average molecular weight is 466 g/mol. The minimum Gasteiger partial charge on any atom is -0.494 e. The first-order valence-corrected chi connectivity index (χ1v) is 10.9. The highest BCUT2D eigenvalue weighted by Gasteiger charge is 2.31. The van der Waals surface area contributed by atoms with Gasteiger partial charge in [0.15, 0.2) is 23.1 Å². The maximum absolute atomic E-state index is 12.8. The quantitative estimate of drug-likeness (QED) is 0.517. The van der Waals surface area contributed by atoms with Crippen LogP contribution in [0.5, 0.6) is 5.75 Å². The lowest BCUT2D eigenvalue weighted by Crippen LogP contribution is -2.33. The first-order chi connectivity index (χ1) is 16.5. The van der Waals surface area contributed by atoms with Gasteiger partial charge in [-0.1, -0.05) is 13.0 Å². The summed E-state index contributed by atoms with van der Waals surface area (Å²) in [5, 5.41) is 18.5. The van der Waals surface area contributed by atoms with Gasteiger partial charge in [0.25, 0.3) is 5.91 Å². The standard InChI is InChI=1S/C22H27N9O3/c1-5-9-30-10-11-31(22(30)33)17-12-16(18(27-26-17)21(32)23-2)25-15-8-6-7-14(19(15)34-4)20-24-13-29(3)28-20/h6-8,12-13H,5,9-11H2,1-4H3,(H,23,32)(H,25,26). The Balaban J connectivity index is 1.73. The minimum absolute atomic E-state index is 0.0896. The minimum atomic E-state index is -0.413. The number of methoxy groups -OCH3 is 1. The van der Waals surface area contributed by atoms with E-state index in [4.69, 9.17) is 4.74 Å². The molecule has 1 aromatic carbocycles. The third-order valence-electron chi connectivity index (χ3n) is 5.42. The molecule has 0 spiro atoms. The summed E-state index contributed by atoms with van der Waals surface area (Å²) in [6.45, 7) is 3.81. The number of hydrogen-bond acceptors (Lipinski definition) is 8. The molecule has 1 aliphatic heterocycles. The topological polar surface area (TPSA) is 130 Å². The second-order valence-electron chi connectivity index (χ2n) is 7.72. The number of carbonyl (C=O) groups excluding carboxylic acids is 2. The molecule has 34 heavy (non-hydrogen) atoms. The summed E-state index contributed by atoms with van der Waals surface area (Å²) in [7, 11) is 4.85. The predicted octanol–water partition coefficient (Wildman–Crippen LogP) is 2.04. The predicted molar refractivity (Wildman–Crippen MR) is 126 cm³/mol. The molecule has 0 atom stereocenters. The molecular weight excluding hydrogens is 438 g/mol. The molecule has 4 rings (SSSR count). The number of nitrogens with zero attached hydrogens (tertiary/aromatic N) is 7. The summed E-state index contributed by atoms with van der Waals surface area (Å²) < 4.78 is 7.27. The molecule has 12 nitrogen and oxygen atoms in total. The van der Waals surface area contributed by atoms with Gasteiger partial charge in [-0.3, -0.25) is 14.4 Å². The Kier molecular flexibility index (Phi) is 6.57. The van der Waals surface area contributed by atoms with E-state index in [-0.39, 0.29) is 11.7 Å². The number of nitrogens with one attached hydrogen (secondary N) is 2. The van der Waals surface area contributed by atoms with E-state index in [1.165, 1.54) is 7.05 Å². The van der Waals surface area contributed by atoms with Crippen LogP contribution in [0, 0.1) is 0 Å². The molecule has 0 saturated carbocycles. The lowest BCUT2D eigenvalue weighted by Gasteiger charge is -2.19. The largest absolute Gasteiger partial charge is 0.494 e. The van der Waals surface area contributed by atoms with E-state index in [1.54, 1.807) is 41.0 Å². The van der Waals surface area contributed by atoms with E-state index >= 15 is 0 Å². The van der Waals surface area contributed by atoms with Crippen LogP contribution in [0.15, 0.2) is 30.6 Å². The van der Waals surface area contributed by atoms with Gasteiger partial charge in [0, 0.05) is 39.8 Å². The molecular formula is C22H27N9O3. The lowest BCUT2D eigenvalue weighted by atomic mass is 10.1. The van der Waals surface area contributed by atoms with Crippen molar-refractivity contribution >= 4 is 29.1 Å².